The number of halogens is 1. The van der Waals surface area contributed by atoms with Gasteiger partial charge in [-0.15, -0.1) is 0 Å². The number of carbonyl (C=O) groups is 1. The van der Waals surface area contributed by atoms with Crippen LogP contribution < -0.4 is 5.32 Å². The molecule has 0 fully saturated rings. The highest BCUT2D eigenvalue weighted by Gasteiger charge is 2.11. The van der Waals surface area contributed by atoms with Gasteiger partial charge >= 0.3 is 0 Å². The van der Waals surface area contributed by atoms with Gasteiger partial charge in [-0.05, 0) is 12.1 Å². The van der Waals surface area contributed by atoms with Crippen molar-refractivity contribution in [3.05, 3.63) is 42.1 Å². The summed E-state index contributed by atoms with van der Waals surface area (Å²) in [5.41, 5.74) is -0.0828. The second-order valence-electron chi connectivity index (χ2n) is 3.20. The van der Waals surface area contributed by atoms with Crippen molar-refractivity contribution in [2.45, 2.75) is 6.42 Å². The van der Waals surface area contributed by atoms with Crippen LogP contribution in [-0.2, 0) is 6.42 Å². The van der Waals surface area contributed by atoms with Gasteiger partial charge in [0.2, 0.25) is 12.3 Å². The Bertz CT molecular complexity index is 501. The van der Waals surface area contributed by atoms with Crippen LogP contribution >= 0.6 is 0 Å². The molecule has 88 valence electrons. The van der Waals surface area contributed by atoms with E-state index >= 15 is 0 Å². The minimum atomic E-state index is -0.787. The molecule has 0 unspecified atom stereocenters. The Morgan fingerprint density at radius 1 is 1.47 bits per heavy atom. The van der Waals surface area contributed by atoms with E-state index in [4.69, 9.17) is 0 Å². The van der Waals surface area contributed by atoms with Crippen LogP contribution in [0.4, 0.5) is 4.39 Å². The van der Waals surface area contributed by atoms with Crippen molar-refractivity contribution >= 4 is 5.91 Å². The molecular formula is C10H9FN4O2. The number of pyridine rings is 1. The summed E-state index contributed by atoms with van der Waals surface area (Å²) in [6, 6.07) is 2.86. The van der Waals surface area contributed by atoms with E-state index in [1.807, 2.05) is 0 Å². The van der Waals surface area contributed by atoms with Gasteiger partial charge in [-0.3, -0.25) is 4.79 Å². The predicted molar refractivity (Wildman–Crippen MR) is 54.5 cm³/mol. The van der Waals surface area contributed by atoms with E-state index in [0.717, 1.165) is 0 Å². The summed E-state index contributed by atoms with van der Waals surface area (Å²) in [7, 11) is 0. The lowest BCUT2D eigenvalue weighted by molar-refractivity contribution is 0.0949. The lowest BCUT2D eigenvalue weighted by Gasteiger charge is -2.03. The van der Waals surface area contributed by atoms with Gasteiger partial charge in [-0.1, -0.05) is 5.16 Å². The van der Waals surface area contributed by atoms with Crippen molar-refractivity contribution in [2.24, 2.45) is 0 Å². The second-order valence-corrected chi connectivity index (χ2v) is 3.20. The van der Waals surface area contributed by atoms with E-state index in [0.29, 0.717) is 18.8 Å². The highest BCUT2D eigenvalue weighted by molar-refractivity contribution is 5.94. The number of amides is 1. The number of nitrogens with one attached hydrogen (secondary N) is 1. The molecule has 2 heterocycles. The molecule has 2 aromatic rings. The lowest BCUT2D eigenvalue weighted by atomic mass is 10.2. The molecule has 0 saturated carbocycles. The average Bonchev–Trinajstić information content (AvgIpc) is 2.82. The van der Waals surface area contributed by atoms with Crippen LogP contribution in [0.5, 0.6) is 0 Å². The Balaban J connectivity index is 1.88. The van der Waals surface area contributed by atoms with E-state index in [1.165, 1.54) is 24.7 Å². The molecule has 0 radical (unpaired) electrons. The standard InChI is InChI=1S/C10H9FN4O2/c11-9-7(2-1-4-12-9)10(16)13-5-3-8-14-6-17-15-8/h1-2,4,6H,3,5H2,(H,13,16). The number of nitrogens with zero attached hydrogens (tertiary/aromatic N) is 3. The van der Waals surface area contributed by atoms with E-state index in [-0.39, 0.29) is 5.56 Å². The predicted octanol–water partition coefficient (Wildman–Crippen LogP) is 0.576. The minimum Gasteiger partial charge on any atom is -0.351 e. The van der Waals surface area contributed by atoms with E-state index < -0.39 is 11.9 Å². The molecule has 2 aromatic heterocycles. The Hall–Kier alpha value is -2.31. The molecule has 6 nitrogen and oxygen atoms in total. The topological polar surface area (TPSA) is 80.9 Å². The van der Waals surface area contributed by atoms with Gasteiger partial charge in [-0.25, -0.2) is 4.98 Å². The fourth-order valence-electron chi connectivity index (χ4n) is 1.24. The fraction of sp³-hybridized carbons (Fsp3) is 0.200. The number of rotatable bonds is 4. The van der Waals surface area contributed by atoms with Crippen LogP contribution in [0.15, 0.2) is 29.2 Å². The molecule has 0 aromatic carbocycles. The zero-order valence-corrected chi connectivity index (χ0v) is 8.76. The van der Waals surface area contributed by atoms with E-state index in [9.17, 15) is 9.18 Å². The molecule has 0 bridgehead atoms. The van der Waals surface area contributed by atoms with Crippen molar-refractivity contribution in [3.63, 3.8) is 0 Å². The van der Waals surface area contributed by atoms with Crippen molar-refractivity contribution in [2.75, 3.05) is 6.54 Å². The van der Waals surface area contributed by atoms with E-state index in [1.54, 1.807) is 0 Å². The first-order valence-corrected chi connectivity index (χ1v) is 4.91. The first-order chi connectivity index (χ1) is 8.27. The molecule has 0 atom stereocenters. The van der Waals surface area contributed by atoms with Crippen molar-refractivity contribution in [3.8, 4) is 0 Å². The molecule has 0 aliphatic rings. The first-order valence-electron chi connectivity index (χ1n) is 4.91. The molecule has 17 heavy (non-hydrogen) atoms. The van der Waals surface area contributed by atoms with Crippen LogP contribution in [0, 0.1) is 5.95 Å². The first kappa shape index (κ1) is 11.2. The maximum Gasteiger partial charge on any atom is 0.255 e. The summed E-state index contributed by atoms with van der Waals surface area (Å²) >= 11 is 0. The van der Waals surface area contributed by atoms with Gasteiger partial charge in [0.25, 0.3) is 5.91 Å². The van der Waals surface area contributed by atoms with Crippen molar-refractivity contribution < 1.29 is 13.7 Å². The maximum absolute atomic E-state index is 13.1. The van der Waals surface area contributed by atoms with Crippen LogP contribution in [0.25, 0.3) is 0 Å². The van der Waals surface area contributed by atoms with E-state index in [2.05, 4.69) is 25.0 Å². The number of aromatic nitrogens is 3. The monoisotopic (exact) mass is 236 g/mol. The lowest BCUT2D eigenvalue weighted by Crippen LogP contribution is -2.27. The SMILES string of the molecule is O=C(NCCc1ncon1)c1cccnc1F. The summed E-state index contributed by atoms with van der Waals surface area (Å²) in [5.74, 6) is -0.819. The smallest absolute Gasteiger partial charge is 0.255 e. The molecule has 0 aliphatic carbocycles. The molecule has 0 saturated heterocycles. The molecule has 2 rings (SSSR count). The van der Waals surface area contributed by atoms with Crippen LogP contribution in [-0.4, -0.2) is 27.6 Å². The van der Waals surface area contributed by atoms with Crippen LogP contribution in [0.3, 0.4) is 0 Å². The summed E-state index contributed by atoms with van der Waals surface area (Å²) in [4.78, 5) is 18.7. The molecular weight excluding hydrogens is 227 g/mol. The molecule has 1 N–H and O–H groups in total. The fourth-order valence-corrected chi connectivity index (χ4v) is 1.24. The summed E-state index contributed by atoms with van der Waals surface area (Å²) in [5, 5.41) is 6.12. The quantitative estimate of drug-likeness (QED) is 0.785. The van der Waals surface area contributed by atoms with Gasteiger partial charge in [0.1, 0.15) is 0 Å². The summed E-state index contributed by atoms with van der Waals surface area (Å²) in [6.45, 7) is 0.298. The Morgan fingerprint density at radius 3 is 3.06 bits per heavy atom. The van der Waals surface area contributed by atoms with Gasteiger partial charge in [-0.2, -0.15) is 9.37 Å². The van der Waals surface area contributed by atoms with Crippen molar-refractivity contribution in [1.82, 2.24) is 20.4 Å². The number of hydrogen-bond acceptors (Lipinski definition) is 5. The second kappa shape index (κ2) is 5.15. The maximum atomic E-state index is 13.1. The highest BCUT2D eigenvalue weighted by atomic mass is 19.1. The largest absolute Gasteiger partial charge is 0.351 e. The Labute approximate surface area is 95.9 Å². The molecule has 1 amide bonds. The number of carbonyl (C=O) groups excluding carboxylic acids is 1. The Morgan fingerprint density at radius 2 is 2.35 bits per heavy atom. The number of hydrogen-bond donors (Lipinski definition) is 1. The summed E-state index contributed by atoms with van der Waals surface area (Å²) < 4.78 is 17.7. The third kappa shape index (κ3) is 2.83. The molecule has 7 heteroatoms. The van der Waals surface area contributed by atoms with Gasteiger partial charge in [0.05, 0.1) is 5.56 Å². The normalized spacial score (nSPS) is 10.2. The third-order valence-corrected chi connectivity index (χ3v) is 2.04. The van der Waals surface area contributed by atoms with Crippen molar-refractivity contribution in [1.29, 1.82) is 0 Å². The third-order valence-electron chi connectivity index (χ3n) is 2.04. The van der Waals surface area contributed by atoms with Gasteiger partial charge in [0, 0.05) is 19.2 Å². The highest BCUT2D eigenvalue weighted by Crippen LogP contribution is 2.02. The van der Waals surface area contributed by atoms with Gasteiger partial charge in [0.15, 0.2) is 5.82 Å². The zero-order chi connectivity index (χ0) is 12.1. The van der Waals surface area contributed by atoms with Crippen LogP contribution in [0.1, 0.15) is 16.2 Å². The van der Waals surface area contributed by atoms with Crippen LogP contribution in [0.2, 0.25) is 0 Å². The molecule has 0 aliphatic heterocycles. The average molecular weight is 236 g/mol. The zero-order valence-electron chi connectivity index (χ0n) is 8.76. The minimum absolute atomic E-state index is 0.0828. The van der Waals surface area contributed by atoms with Gasteiger partial charge < -0.3 is 9.84 Å². The Kier molecular flexibility index (Phi) is 3.39. The molecule has 0 spiro atoms. The summed E-state index contributed by atoms with van der Waals surface area (Å²) in [6.07, 6.45) is 2.91.